The fourth-order valence-corrected chi connectivity index (χ4v) is 8.35. The highest BCUT2D eigenvalue weighted by atomic mass is 32.2. The van der Waals surface area contributed by atoms with Crippen molar-refractivity contribution in [2.75, 3.05) is 57.3 Å². The quantitative estimate of drug-likeness (QED) is 0.494. The van der Waals surface area contributed by atoms with Gasteiger partial charge in [-0.05, 0) is 31.6 Å². The van der Waals surface area contributed by atoms with Crippen molar-refractivity contribution in [3.8, 4) is 0 Å². The van der Waals surface area contributed by atoms with Crippen LogP contribution in [-0.4, -0.2) is 109 Å². The molecule has 6 rings (SSSR count). The molecule has 7 heteroatoms. The first-order valence-electron chi connectivity index (χ1n) is 11.9. The molecular weight excluding hydrogens is 368 g/mol. The molecule has 28 heavy (non-hydrogen) atoms. The summed E-state index contributed by atoms with van der Waals surface area (Å²) in [6, 6.07) is 5.16. The zero-order valence-electron chi connectivity index (χ0n) is 17.1. The lowest BCUT2D eigenvalue weighted by Gasteiger charge is -2.47. The second-order valence-corrected chi connectivity index (χ2v) is 11.2. The normalized spacial score (nSPS) is 50.1. The van der Waals surface area contributed by atoms with Crippen LogP contribution in [-0.2, 0) is 0 Å². The van der Waals surface area contributed by atoms with Crippen LogP contribution in [0.4, 0.5) is 0 Å². The number of piperazine rings is 3. The van der Waals surface area contributed by atoms with E-state index in [0.29, 0.717) is 18.1 Å². The van der Waals surface area contributed by atoms with Gasteiger partial charge < -0.3 is 21.3 Å². The van der Waals surface area contributed by atoms with Crippen molar-refractivity contribution < 1.29 is 0 Å². The molecule has 1 aliphatic carbocycles. The van der Waals surface area contributed by atoms with E-state index < -0.39 is 0 Å². The Morgan fingerprint density at radius 1 is 0.679 bits per heavy atom. The molecular formula is C21H38N6S. The van der Waals surface area contributed by atoms with Crippen molar-refractivity contribution in [2.24, 2.45) is 5.92 Å². The van der Waals surface area contributed by atoms with Gasteiger partial charge in [0.2, 0.25) is 0 Å². The van der Waals surface area contributed by atoms with Gasteiger partial charge >= 0.3 is 0 Å². The van der Waals surface area contributed by atoms with Gasteiger partial charge in [-0.15, -0.1) is 0 Å². The maximum Gasteiger partial charge on any atom is 0.0323 e. The van der Waals surface area contributed by atoms with Crippen LogP contribution in [0.2, 0.25) is 0 Å². The van der Waals surface area contributed by atoms with E-state index in [1.54, 1.807) is 0 Å². The molecule has 0 aromatic heterocycles. The third-order valence-corrected chi connectivity index (χ3v) is 9.82. The lowest BCUT2D eigenvalue weighted by molar-refractivity contribution is 0.0430. The van der Waals surface area contributed by atoms with E-state index in [1.807, 2.05) is 0 Å². The van der Waals surface area contributed by atoms with Crippen LogP contribution < -0.4 is 21.3 Å². The Morgan fingerprint density at radius 3 is 2.43 bits per heavy atom. The highest BCUT2D eigenvalue weighted by Crippen LogP contribution is 2.33. The third kappa shape index (κ3) is 3.55. The van der Waals surface area contributed by atoms with Crippen molar-refractivity contribution in [1.82, 2.24) is 31.1 Å². The molecule has 0 aromatic carbocycles. The van der Waals surface area contributed by atoms with E-state index in [9.17, 15) is 0 Å². The topological polar surface area (TPSA) is 54.6 Å². The van der Waals surface area contributed by atoms with Gasteiger partial charge in [-0.2, -0.15) is 11.8 Å². The maximum atomic E-state index is 4.03. The lowest BCUT2D eigenvalue weighted by atomic mass is 9.84. The number of thioether (sulfide) groups is 1. The fourth-order valence-electron chi connectivity index (χ4n) is 7.03. The summed E-state index contributed by atoms with van der Waals surface area (Å²) in [5.41, 5.74) is 0. The number of hydrogen-bond donors (Lipinski definition) is 4. The molecule has 6 aliphatic rings. The van der Waals surface area contributed by atoms with Crippen LogP contribution in [0.3, 0.4) is 0 Å². The van der Waals surface area contributed by atoms with Gasteiger partial charge in [-0.1, -0.05) is 0 Å². The first-order valence-corrected chi connectivity index (χ1v) is 13.0. The predicted molar refractivity (Wildman–Crippen MR) is 116 cm³/mol. The summed E-state index contributed by atoms with van der Waals surface area (Å²) in [7, 11) is 0. The first kappa shape index (κ1) is 18.8. The van der Waals surface area contributed by atoms with Crippen LogP contribution in [0.5, 0.6) is 0 Å². The van der Waals surface area contributed by atoms with Crippen molar-refractivity contribution in [2.45, 2.75) is 68.0 Å². The van der Waals surface area contributed by atoms with Gasteiger partial charge in [-0.25, -0.2) is 0 Å². The molecule has 0 bridgehead atoms. The SMILES string of the molecule is C1CNC2CC(N3CCN4CC(C5CNC6CSCC6N5)CC4C3)CCC2N1. The third-order valence-electron chi connectivity index (χ3n) is 8.63. The van der Waals surface area contributed by atoms with Crippen molar-refractivity contribution in [3.05, 3.63) is 0 Å². The van der Waals surface area contributed by atoms with Crippen LogP contribution in [0.15, 0.2) is 0 Å². The van der Waals surface area contributed by atoms with Crippen LogP contribution in [0, 0.1) is 5.92 Å². The zero-order valence-corrected chi connectivity index (χ0v) is 17.9. The number of rotatable bonds is 2. The van der Waals surface area contributed by atoms with Crippen molar-refractivity contribution >= 4 is 11.8 Å². The summed E-state index contributed by atoms with van der Waals surface area (Å²) in [6.45, 7) is 8.70. The molecule has 8 unspecified atom stereocenters. The predicted octanol–water partition coefficient (Wildman–Crippen LogP) is -0.480. The second kappa shape index (κ2) is 7.98. The highest BCUT2D eigenvalue weighted by Gasteiger charge is 2.44. The molecule has 5 aliphatic heterocycles. The highest BCUT2D eigenvalue weighted by molar-refractivity contribution is 7.99. The van der Waals surface area contributed by atoms with E-state index in [0.717, 1.165) is 43.2 Å². The Balaban J connectivity index is 1.05. The summed E-state index contributed by atoms with van der Waals surface area (Å²) >= 11 is 2.12. The molecule has 158 valence electrons. The molecule has 1 saturated carbocycles. The fraction of sp³-hybridized carbons (Fsp3) is 1.00. The molecule has 5 saturated heterocycles. The monoisotopic (exact) mass is 406 g/mol. The van der Waals surface area contributed by atoms with Gasteiger partial charge in [0.1, 0.15) is 0 Å². The summed E-state index contributed by atoms with van der Waals surface area (Å²) in [6.07, 6.45) is 5.50. The average molecular weight is 407 g/mol. The van der Waals surface area contributed by atoms with Gasteiger partial charge in [0.05, 0.1) is 0 Å². The van der Waals surface area contributed by atoms with Gasteiger partial charge in [-0.3, -0.25) is 9.80 Å². The molecule has 5 heterocycles. The summed E-state index contributed by atoms with van der Waals surface area (Å²) in [5, 5.41) is 15.4. The number of nitrogens with zero attached hydrogens (tertiary/aromatic N) is 2. The standard InChI is InChI=1S/C21H38N6S/c1-2-17-18(23-4-3-22-17)8-15(1)27-6-5-26-10-14(7-16(26)11-27)19-9-24-20-12-28-13-21(20)25-19/h14-25H,1-13H2. The molecule has 0 aromatic rings. The first-order chi connectivity index (χ1) is 13.8. The Hall–Kier alpha value is 0.110. The Bertz CT molecular complexity index is 563. The van der Waals surface area contributed by atoms with E-state index in [1.165, 1.54) is 69.9 Å². The average Bonchev–Trinajstić information content (AvgIpc) is 3.39. The van der Waals surface area contributed by atoms with E-state index in [4.69, 9.17) is 0 Å². The van der Waals surface area contributed by atoms with Crippen LogP contribution >= 0.6 is 11.8 Å². The Labute approximate surface area is 174 Å². The zero-order chi connectivity index (χ0) is 18.5. The lowest BCUT2D eigenvalue weighted by Crippen LogP contribution is -2.62. The minimum atomic E-state index is 0.687. The van der Waals surface area contributed by atoms with E-state index in [2.05, 4.69) is 42.8 Å². The second-order valence-electron chi connectivity index (χ2n) is 10.2. The molecule has 4 N–H and O–H groups in total. The molecule has 0 spiro atoms. The summed E-state index contributed by atoms with van der Waals surface area (Å²) in [5.74, 6) is 3.44. The molecule has 6 nitrogen and oxygen atoms in total. The Morgan fingerprint density at radius 2 is 1.50 bits per heavy atom. The molecule has 0 radical (unpaired) electrons. The summed E-state index contributed by atoms with van der Waals surface area (Å²) in [4.78, 5) is 5.69. The van der Waals surface area contributed by atoms with Crippen molar-refractivity contribution in [1.29, 1.82) is 0 Å². The van der Waals surface area contributed by atoms with E-state index in [-0.39, 0.29) is 0 Å². The molecule has 8 atom stereocenters. The minimum absolute atomic E-state index is 0.687. The van der Waals surface area contributed by atoms with Gasteiger partial charge in [0.15, 0.2) is 0 Å². The van der Waals surface area contributed by atoms with Crippen molar-refractivity contribution in [3.63, 3.8) is 0 Å². The minimum Gasteiger partial charge on any atom is -0.311 e. The number of nitrogens with one attached hydrogen (secondary N) is 4. The number of hydrogen-bond acceptors (Lipinski definition) is 7. The summed E-state index contributed by atoms with van der Waals surface area (Å²) < 4.78 is 0. The van der Waals surface area contributed by atoms with Gasteiger partial charge in [0.25, 0.3) is 0 Å². The Kier molecular flexibility index (Phi) is 5.37. The van der Waals surface area contributed by atoms with E-state index >= 15 is 0 Å². The van der Waals surface area contributed by atoms with Crippen LogP contribution in [0.25, 0.3) is 0 Å². The smallest absolute Gasteiger partial charge is 0.0323 e. The molecule has 0 amide bonds. The maximum absolute atomic E-state index is 4.03. The van der Waals surface area contributed by atoms with Gasteiger partial charge in [0, 0.05) is 99.6 Å². The molecule has 6 fully saturated rings. The largest absolute Gasteiger partial charge is 0.311 e. The number of fused-ring (bicyclic) bond motifs is 3. The van der Waals surface area contributed by atoms with Crippen LogP contribution in [0.1, 0.15) is 25.7 Å².